The van der Waals surface area contributed by atoms with Gasteiger partial charge in [-0.25, -0.2) is 14.4 Å². The number of carbonyl (C=O) groups is 3. The van der Waals surface area contributed by atoms with E-state index in [1.165, 1.54) is 11.8 Å². The van der Waals surface area contributed by atoms with Crippen LogP contribution < -0.4 is 10.1 Å². The van der Waals surface area contributed by atoms with Gasteiger partial charge in [-0.3, -0.25) is 9.80 Å². The van der Waals surface area contributed by atoms with E-state index in [1.54, 1.807) is 36.4 Å². The summed E-state index contributed by atoms with van der Waals surface area (Å²) in [5, 5.41) is 11.9. The van der Waals surface area contributed by atoms with Crippen molar-refractivity contribution >= 4 is 29.8 Å². The summed E-state index contributed by atoms with van der Waals surface area (Å²) in [5.41, 5.74) is 2.85. The van der Waals surface area contributed by atoms with Crippen molar-refractivity contribution in [1.29, 1.82) is 0 Å². The Morgan fingerprint density at radius 2 is 1.70 bits per heavy atom. The van der Waals surface area contributed by atoms with Crippen molar-refractivity contribution in [2.24, 2.45) is 5.92 Å². The molecule has 43 heavy (non-hydrogen) atoms. The first kappa shape index (κ1) is 29.2. The number of hydrogen-bond donors (Lipinski definition) is 2. The maximum atomic E-state index is 13.2. The molecule has 0 aromatic heterocycles. The first-order chi connectivity index (χ1) is 20.9. The van der Waals surface area contributed by atoms with Gasteiger partial charge in [0.25, 0.3) is 0 Å². The van der Waals surface area contributed by atoms with E-state index in [0.717, 1.165) is 54.9 Å². The molecule has 9 nitrogen and oxygen atoms in total. The number of benzene rings is 3. The van der Waals surface area contributed by atoms with Crippen LogP contribution in [0.15, 0.2) is 78.9 Å². The Morgan fingerprint density at radius 3 is 2.44 bits per heavy atom. The summed E-state index contributed by atoms with van der Waals surface area (Å²) >= 11 is 1.41. The minimum Gasteiger partial charge on any atom is -0.479 e. The lowest BCUT2D eigenvalue weighted by Gasteiger charge is -2.43. The zero-order valence-corrected chi connectivity index (χ0v) is 24.6. The molecule has 0 saturated carbocycles. The number of carboxylic acids is 1. The Balaban J connectivity index is 1.15. The molecule has 2 N–H and O–H groups in total. The van der Waals surface area contributed by atoms with Gasteiger partial charge in [0, 0.05) is 25.4 Å². The van der Waals surface area contributed by atoms with Crippen molar-refractivity contribution in [1.82, 2.24) is 15.1 Å². The third-order valence-corrected chi connectivity index (χ3v) is 9.63. The van der Waals surface area contributed by atoms with Crippen molar-refractivity contribution in [3.63, 3.8) is 0 Å². The molecular formula is C33H35N3O6S. The molecule has 7 rings (SSSR count). The summed E-state index contributed by atoms with van der Waals surface area (Å²) in [5.74, 6) is 0.137. The number of hydrogen-bond acceptors (Lipinski definition) is 8. The predicted molar refractivity (Wildman–Crippen MR) is 163 cm³/mol. The van der Waals surface area contributed by atoms with Gasteiger partial charge in [0.05, 0.1) is 11.6 Å². The van der Waals surface area contributed by atoms with Crippen LogP contribution in [0.5, 0.6) is 5.75 Å². The average Bonchev–Trinajstić information content (AvgIpc) is 3.50. The number of carboxylic acid groups (broad SMARTS) is 1. The molecule has 4 saturated heterocycles. The Bertz CT molecular complexity index is 1460. The van der Waals surface area contributed by atoms with Gasteiger partial charge in [0.2, 0.25) is 0 Å². The first-order valence-electron chi connectivity index (χ1n) is 14.7. The van der Waals surface area contributed by atoms with E-state index in [4.69, 9.17) is 9.47 Å². The minimum absolute atomic E-state index is 0.110. The molecule has 0 aliphatic carbocycles. The fourth-order valence-electron chi connectivity index (χ4n) is 6.19. The standard InChI is InChI=1S/C33H35N3O6S/c37-31(38)30-36(16-17-43-30)20-22-6-4-10-26(18-22)32(39)41-27-11-5-9-25(19-27)29(24-7-2-1-3-8-24)34-33(40)42-28-21-35-14-12-23(28)13-15-35/h1-11,18-19,23,28-30H,12-17,20-21H2,(H,34,40)(H,37,38)/t28-,29-,30-/m0/s1. The maximum Gasteiger partial charge on any atom is 0.408 e. The summed E-state index contributed by atoms with van der Waals surface area (Å²) in [6.45, 7) is 4.01. The third kappa shape index (κ3) is 7.04. The minimum atomic E-state index is -0.853. The molecular weight excluding hydrogens is 566 g/mol. The monoisotopic (exact) mass is 601 g/mol. The SMILES string of the molecule is O=C(N[C@@H](c1ccccc1)c1cccc(OC(=O)c2cccc(CN3CCS[C@H]3C(=O)O)c2)c1)O[C@H]1CN2CCC1CC2. The van der Waals surface area contributed by atoms with E-state index in [9.17, 15) is 19.5 Å². The van der Waals surface area contributed by atoms with Crippen LogP contribution in [-0.2, 0) is 16.1 Å². The van der Waals surface area contributed by atoms with Gasteiger partial charge in [0.15, 0.2) is 5.37 Å². The second-order valence-corrected chi connectivity index (χ2v) is 12.5. The number of thioether (sulfide) groups is 1. The fourth-order valence-corrected chi connectivity index (χ4v) is 7.28. The summed E-state index contributed by atoms with van der Waals surface area (Å²) in [7, 11) is 0. The predicted octanol–water partition coefficient (Wildman–Crippen LogP) is 4.78. The maximum absolute atomic E-state index is 13.2. The molecule has 10 heteroatoms. The molecule has 4 fully saturated rings. The zero-order valence-electron chi connectivity index (χ0n) is 23.8. The molecule has 224 valence electrons. The molecule has 4 heterocycles. The number of aliphatic carboxylic acids is 1. The summed E-state index contributed by atoms with van der Waals surface area (Å²) < 4.78 is 11.7. The van der Waals surface area contributed by atoms with E-state index in [2.05, 4.69) is 10.2 Å². The average molecular weight is 602 g/mol. The summed E-state index contributed by atoms with van der Waals surface area (Å²) in [4.78, 5) is 42.1. The van der Waals surface area contributed by atoms with E-state index in [1.807, 2.05) is 47.4 Å². The van der Waals surface area contributed by atoms with Gasteiger partial charge >= 0.3 is 18.0 Å². The highest BCUT2D eigenvalue weighted by atomic mass is 32.2. The van der Waals surface area contributed by atoms with Gasteiger partial charge in [-0.1, -0.05) is 54.6 Å². The summed E-state index contributed by atoms with van der Waals surface area (Å²) in [6, 6.07) is 23.4. The topological polar surface area (TPSA) is 108 Å². The molecule has 4 aliphatic heterocycles. The van der Waals surface area contributed by atoms with Gasteiger partial charge in [0.1, 0.15) is 11.9 Å². The molecule has 1 amide bonds. The van der Waals surface area contributed by atoms with Gasteiger partial charge in [-0.05, 0) is 72.8 Å². The fraction of sp³-hybridized carbons (Fsp3) is 0.364. The van der Waals surface area contributed by atoms with Crippen molar-refractivity contribution in [3.05, 3.63) is 101 Å². The van der Waals surface area contributed by atoms with Crippen molar-refractivity contribution < 1.29 is 29.0 Å². The van der Waals surface area contributed by atoms with E-state index >= 15 is 0 Å². The number of nitrogens with zero attached hydrogens (tertiary/aromatic N) is 2. The van der Waals surface area contributed by atoms with Gasteiger partial charge in [-0.15, -0.1) is 11.8 Å². The Morgan fingerprint density at radius 1 is 0.930 bits per heavy atom. The quantitative estimate of drug-likeness (QED) is 0.265. The normalized spacial score (nSPS) is 23.8. The lowest BCUT2D eigenvalue weighted by Crippen LogP contribution is -2.52. The van der Waals surface area contributed by atoms with Gasteiger partial charge in [-0.2, -0.15) is 0 Å². The van der Waals surface area contributed by atoms with Crippen LogP contribution >= 0.6 is 11.8 Å². The molecule has 0 radical (unpaired) electrons. The molecule has 0 spiro atoms. The number of piperidine rings is 3. The Labute approximate surface area is 255 Å². The number of carbonyl (C=O) groups excluding carboxylic acids is 2. The second-order valence-electron chi connectivity index (χ2n) is 11.3. The number of nitrogens with one attached hydrogen (secondary N) is 1. The second kappa shape index (κ2) is 13.2. The number of fused-ring (bicyclic) bond motifs is 3. The number of ether oxygens (including phenoxy) is 2. The number of rotatable bonds is 9. The lowest BCUT2D eigenvalue weighted by molar-refractivity contribution is -0.139. The lowest BCUT2D eigenvalue weighted by atomic mass is 9.86. The highest BCUT2D eigenvalue weighted by Gasteiger charge is 2.37. The van der Waals surface area contributed by atoms with Crippen molar-refractivity contribution in [3.8, 4) is 5.75 Å². The Hall–Kier alpha value is -3.86. The first-order valence-corrected chi connectivity index (χ1v) is 15.7. The van der Waals surface area contributed by atoms with Gasteiger partial charge < -0.3 is 19.9 Å². The van der Waals surface area contributed by atoms with Crippen LogP contribution in [0.4, 0.5) is 4.79 Å². The molecule has 2 bridgehead atoms. The van der Waals surface area contributed by atoms with E-state index in [0.29, 0.717) is 30.3 Å². The van der Waals surface area contributed by atoms with E-state index < -0.39 is 29.4 Å². The number of amides is 1. The van der Waals surface area contributed by atoms with Crippen molar-refractivity contribution in [2.45, 2.75) is 36.9 Å². The van der Waals surface area contributed by atoms with Crippen LogP contribution in [0, 0.1) is 5.92 Å². The highest BCUT2D eigenvalue weighted by Crippen LogP contribution is 2.31. The van der Waals surface area contributed by atoms with Crippen molar-refractivity contribution in [2.75, 3.05) is 31.9 Å². The van der Waals surface area contributed by atoms with Crippen LogP contribution in [-0.4, -0.2) is 76.3 Å². The van der Waals surface area contributed by atoms with Crippen LogP contribution in [0.1, 0.15) is 45.9 Å². The highest BCUT2D eigenvalue weighted by molar-refractivity contribution is 8.00. The molecule has 3 aromatic rings. The number of esters is 1. The molecule has 3 atom stereocenters. The summed E-state index contributed by atoms with van der Waals surface area (Å²) in [6.07, 6.45) is 1.53. The van der Waals surface area contributed by atoms with Crippen LogP contribution in [0.2, 0.25) is 0 Å². The smallest absolute Gasteiger partial charge is 0.408 e. The van der Waals surface area contributed by atoms with E-state index in [-0.39, 0.29) is 6.10 Å². The molecule has 4 aliphatic rings. The van der Waals surface area contributed by atoms with Crippen LogP contribution in [0.3, 0.4) is 0 Å². The number of alkyl carbamates (subject to hydrolysis) is 1. The van der Waals surface area contributed by atoms with Crippen LogP contribution in [0.25, 0.3) is 0 Å². The Kier molecular flexibility index (Phi) is 8.97. The molecule has 3 aromatic carbocycles. The molecule has 0 unspecified atom stereocenters. The zero-order chi connectivity index (χ0) is 29.8. The third-order valence-electron chi connectivity index (χ3n) is 8.40. The largest absolute Gasteiger partial charge is 0.479 e.